The molecular formula is C10H12Cl2NO-. The molecule has 0 amide bonds. The Labute approximate surface area is 94.2 Å². The van der Waals surface area contributed by atoms with E-state index < -0.39 is 0 Å². The maximum Gasteiger partial charge on any atom is 0.0730 e. The molecule has 4 heteroatoms. The smallest absolute Gasteiger partial charge is 0.0730 e. The molecule has 0 saturated carbocycles. The summed E-state index contributed by atoms with van der Waals surface area (Å²) in [4.78, 5) is 0. The van der Waals surface area contributed by atoms with Crippen molar-refractivity contribution in [3.8, 4) is 0 Å². The van der Waals surface area contributed by atoms with Crippen LogP contribution in [-0.4, -0.2) is 20.2 Å². The molecule has 0 aliphatic carbocycles. The van der Waals surface area contributed by atoms with Gasteiger partial charge in [-0.1, -0.05) is 29.3 Å². The molecule has 0 heterocycles. The Bertz CT molecular complexity index is 291. The van der Waals surface area contributed by atoms with E-state index in [2.05, 4.69) is 5.32 Å². The van der Waals surface area contributed by atoms with Crippen LogP contribution in [0.15, 0.2) is 18.2 Å². The molecule has 0 unspecified atom stereocenters. The first-order valence-corrected chi connectivity index (χ1v) is 5.07. The second-order valence-corrected chi connectivity index (χ2v) is 3.67. The standard InChI is InChI=1S/C10H12Cl2NO/c1-13-4-5-14-7-8-2-3-9(11)6-10(8)12/h2-3,6H,4-5,7H2,1H3/q-1. The van der Waals surface area contributed by atoms with E-state index in [0.717, 1.165) is 5.56 Å². The van der Waals surface area contributed by atoms with Gasteiger partial charge in [0.25, 0.3) is 0 Å². The highest BCUT2D eigenvalue weighted by Gasteiger charge is 2.00. The van der Waals surface area contributed by atoms with Gasteiger partial charge in [-0.15, -0.1) is 6.54 Å². The predicted molar refractivity (Wildman–Crippen MR) is 60.3 cm³/mol. The molecule has 0 bridgehead atoms. The minimum atomic E-state index is 0.505. The Morgan fingerprint density at radius 2 is 2.14 bits per heavy atom. The fourth-order valence-electron chi connectivity index (χ4n) is 0.977. The van der Waals surface area contributed by atoms with Crippen LogP contribution in [0.4, 0.5) is 0 Å². The molecule has 1 aromatic rings. The lowest BCUT2D eigenvalue weighted by Gasteiger charge is -2.11. The molecule has 0 N–H and O–H groups in total. The highest BCUT2D eigenvalue weighted by Crippen LogP contribution is 2.21. The Hall–Kier alpha value is -0.280. The van der Waals surface area contributed by atoms with Crippen molar-refractivity contribution in [2.45, 2.75) is 6.61 Å². The van der Waals surface area contributed by atoms with Crippen molar-refractivity contribution >= 4 is 23.2 Å². The molecule has 14 heavy (non-hydrogen) atoms. The summed E-state index contributed by atoms with van der Waals surface area (Å²) in [6.07, 6.45) is 0. The van der Waals surface area contributed by atoms with Crippen molar-refractivity contribution in [2.75, 3.05) is 20.2 Å². The maximum absolute atomic E-state index is 5.95. The summed E-state index contributed by atoms with van der Waals surface area (Å²) < 4.78 is 5.36. The lowest BCUT2D eigenvalue weighted by Crippen LogP contribution is -1.99. The number of halogens is 2. The molecule has 0 fully saturated rings. The summed E-state index contributed by atoms with van der Waals surface area (Å²) in [7, 11) is 1.76. The number of nitrogens with zero attached hydrogens (tertiary/aromatic N) is 1. The summed E-state index contributed by atoms with van der Waals surface area (Å²) in [5, 5.41) is 5.21. The average molecular weight is 233 g/mol. The monoisotopic (exact) mass is 232 g/mol. The molecule has 2 nitrogen and oxygen atoms in total. The maximum atomic E-state index is 5.95. The molecule has 0 aliphatic heterocycles. The van der Waals surface area contributed by atoms with Gasteiger partial charge < -0.3 is 10.1 Å². The van der Waals surface area contributed by atoms with Gasteiger partial charge in [0, 0.05) is 16.7 Å². The highest BCUT2D eigenvalue weighted by atomic mass is 35.5. The van der Waals surface area contributed by atoms with E-state index in [9.17, 15) is 0 Å². The second-order valence-electron chi connectivity index (χ2n) is 2.83. The second kappa shape index (κ2) is 6.25. The van der Waals surface area contributed by atoms with Crippen molar-refractivity contribution in [2.24, 2.45) is 0 Å². The number of ether oxygens (including phenoxy) is 1. The lowest BCUT2D eigenvalue weighted by atomic mass is 10.2. The summed E-state index contributed by atoms with van der Waals surface area (Å²) in [6, 6.07) is 5.38. The number of hydrogen-bond donors (Lipinski definition) is 0. The molecule has 1 aromatic carbocycles. The van der Waals surface area contributed by atoms with E-state index in [1.54, 1.807) is 19.2 Å². The van der Waals surface area contributed by atoms with Crippen LogP contribution in [0.2, 0.25) is 10.0 Å². The number of likely N-dealkylation sites (N-methyl/N-ethyl adjacent to an activating group) is 1. The van der Waals surface area contributed by atoms with Gasteiger partial charge in [-0.2, -0.15) is 7.05 Å². The van der Waals surface area contributed by atoms with Crippen molar-refractivity contribution in [3.05, 3.63) is 39.1 Å². The van der Waals surface area contributed by atoms with Gasteiger partial charge in [-0.05, 0) is 17.7 Å². The summed E-state index contributed by atoms with van der Waals surface area (Å²) >= 11 is 11.7. The van der Waals surface area contributed by atoms with E-state index in [0.29, 0.717) is 29.8 Å². The largest absolute Gasteiger partial charge is 0.663 e. The Balaban J connectivity index is 2.42. The molecule has 0 aliphatic rings. The fourth-order valence-corrected chi connectivity index (χ4v) is 1.44. The van der Waals surface area contributed by atoms with Gasteiger partial charge >= 0.3 is 0 Å². The van der Waals surface area contributed by atoms with Crippen LogP contribution in [0.25, 0.3) is 5.32 Å². The van der Waals surface area contributed by atoms with E-state index in [1.807, 2.05) is 6.07 Å². The zero-order chi connectivity index (χ0) is 10.4. The summed E-state index contributed by atoms with van der Waals surface area (Å²) in [5.41, 5.74) is 0.951. The molecule has 1 rings (SSSR count). The molecular weight excluding hydrogens is 221 g/mol. The summed E-state index contributed by atoms with van der Waals surface area (Å²) in [6.45, 7) is 1.84. The van der Waals surface area contributed by atoms with Crippen LogP contribution >= 0.6 is 23.2 Å². The van der Waals surface area contributed by atoms with E-state index in [-0.39, 0.29) is 0 Å². The van der Waals surface area contributed by atoms with E-state index >= 15 is 0 Å². The Morgan fingerprint density at radius 3 is 2.79 bits per heavy atom. The normalized spacial score (nSPS) is 10.5. The van der Waals surface area contributed by atoms with Gasteiger partial charge in [-0.3, -0.25) is 0 Å². The lowest BCUT2D eigenvalue weighted by molar-refractivity contribution is 0.131. The van der Waals surface area contributed by atoms with Crippen LogP contribution in [0, 0.1) is 0 Å². The number of hydrogen-bond acceptors (Lipinski definition) is 1. The molecule has 0 spiro atoms. The minimum absolute atomic E-state index is 0.505. The minimum Gasteiger partial charge on any atom is -0.663 e. The highest BCUT2D eigenvalue weighted by molar-refractivity contribution is 6.35. The van der Waals surface area contributed by atoms with E-state index in [4.69, 9.17) is 27.9 Å². The van der Waals surface area contributed by atoms with Gasteiger partial charge in [0.05, 0.1) is 6.61 Å². The molecule has 0 radical (unpaired) electrons. The average Bonchev–Trinajstić information content (AvgIpc) is 2.15. The van der Waals surface area contributed by atoms with Crippen LogP contribution in [0.1, 0.15) is 5.56 Å². The van der Waals surface area contributed by atoms with Crippen molar-refractivity contribution in [1.29, 1.82) is 0 Å². The molecule has 78 valence electrons. The van der Waals surface area contributed by atoms with Crippen molar-refractivity contribution < 1.29 is 4.74 Å². The zero-order valence-electron chi connectivity index (χ0n) is 7.96. The SMILES string of the molecule is C[N-]CCOCc1ccc(Cl)cc1Cl. The summed E-state index contributed by atoms with van der Waals surface area (Å²) in [5.74, 6) is 0. The number of benzene rings is 1. The van der Waals surface area contributed by atoms with Crippen LogP contribution in [0.3, 0.4) is 0 Å². The van der Waals surface area contributed by atoms with Crippen LogP contribution in [0.5, 0.6) is 0 Å². The first kappa shape index (κ1) is 11.8. The first-order chi connectivity index (χ1) is 6.74. The van der Waals surface area contributed by atoms with E-state index in [1.165, 1.54) is 0 Å². The zero-order valence-corrected chi connectivity index (χ0v) is 9.48. The third-order valence-corrected chi connectivity index (χ3v) is 2.32. The molecule has 0 atom stereocenters. The van der Waals surface area contributed by atoms with Crippen molar-refractivity contribution in [3.63, 3.8) is 0 Å². The third kappa shape index (κ3) is 3.84. The van der Waals surface area contributed by atoms with Crippen LogP contribution in [-0.2, 0) is 11.3 Å². The Morgan fingerprint density at radius 1 is 1.36 bits per heavy atom. The topological polar surface area (TPSA) is 23.3 Å². The molecule has 0 saturated heterocycles. The van der Waals surface area contributed by atoms with Crippen LogP contribution < -0.4 is 0 Å². The quantitative estimate of drug-likeness (QED) is 0.713. The predicted octanol–water partition coefficient (Wildman–Crippen LogP) is 3.51. The van der Waals surface area contributed by atoms with Gasteiger partial charge in [0.1, 0.15) is 0 Å². The first-order valence-electron chi connectivity index (χ1n) is 4.31. The van der Waals surface area contributed by atoms with Gasteiger partial charge in [0.2, 0.25) is 0 Å². The van der Waals surface area contributed by atoms with Gasteiger partial charge in [0.15, 0.2) is 0 Å². The number of rotatable bonds is 5. The third-order valence-electron chi connectivity index (χ3n) is 1.73. The van der Waals surface area contributed by atoms with Crippen molar-refractivity contribution in [1.82, 2.24) is 0 Å². The fraction of sp³-hybridized carbons (Fsp3) is 0.400. The van der Waals surface area contributed by atoms with Gasteiger partial charge in [-0.25, -0.2) is 0 Å². The Kier molecular flexibility index (Phi) is 5.26. The molecule has 0 aromatic heterocycles.